The van der Waals surface area contributed by atoms with Gasteiger partial charge in [-0.1, -0.05) is 0 Å². The zero-order valence-corrected chi connectivity index (χ0v) is 15.4. The van der Waals surface area contributed by atoms with Crippen LogP contribution in [0.4, 0.5) is 0 Å². The van der Waals surface area contributed by atoms with Crippen molar-refractivity contribution in [2.45, 2.75) is 19.3 Å². The van der Waals surface area contributed by atoms with Gasteiger partial charge in [-0.2, -0.15) is 0 Å². The summed E-state index contributed by atoms with van der Waals surface area (Å²) in [6.45, 7) is 0.824. The number of hydrogen-bond donors (Lipinski definition) is 1. The minimum Gasteiger partial charge on any atom is -0.493 e. The number of hydrogen-bond acceptors (Lipinski definition) is 5. The van der Waals surface area contributed by atoms with Crippen LogP contribution in [-0.2, 0) is 16.0 Å². The molecule has 2 fully saturated rings. The Morgan fingerprint density at radius 2 is 1.69 bits per heavy atom. The summed E-state index contributed by atoms with van der Waals surface area (Å²) >= 11 is 0. The highest BCUT2D eigenvalue weighted by atomic mass is 16.5. The predicted octanol–water partition coefficient (Wildman–Crippen LogP) is 1.82. The predicted molar refractivity (Wildman–Crippen MR) is 93.7 cm³/mol. The van der Waals surface area contributed by atoms with Gasteiger partial charge in [0.25, 0.3) is 0 Å². The van der Waals surface area contributed by atoms with E-state index in [1.807, 2.05) is 0 Å². The van der Waals surface area contributed by atoms with Crippen LogP contribution < -0.4 is 14.2 Å². The minimum atomic E-state index is -0.801. The first-order valence-corrected chi connectivity index (χ1v) is 8.78. The third kappa shape index (κ3) is 3.57. The summed E-state index contributed by atoms with van der Waals surface area (Å²) in [5, 5.41) is 9.46. The first-order chi connectivity index (χ1) is 12.5. The Labute approximate surface area is 152 Å². The molecule has 0 bridgehead atoms. The van der Waals surface area contributed by atoms with E-state index < -0.39 is 11.9 Å². The van der Waals surface area contributed by atoms with Crippen molar-refractivity contribution in [3.63, 3.8) is 0 Å². The number of carboxylic acids is 1. The Bertz CT molecular complexity index is 674. The van der Waals surface area contributed by atoms with Gasteiger partial charge in [0.15, 0.2) is 11.5 Å². The zero-order valence-electron chi connectivity index (χ0n) is 15.4. The fourth-order valence-electron chi connectivity index (χ4n) is 3.82. The lowest BCUT2D eigenvalue weighted by Gasteiger charge is -2.18. The van der Waals surface area contributed by atoms with Gasteiger partial charge in [0.2, 0.25) is 11.7 Å². The summed E-state index contributed by atoms with van der Waals surface area (Å²) in [5.74, 6) is 0.675. The maximum absolute atomic E-state index is 12.7. The molecule has 1 saturated carbocycles. The molecule has 0 spiro atoms. The second kappa shape index (κ2) is 7.43. The van der Waals surface area contributed by atoms with Crippen molar-refractivity contribution >= 4 is 11.9 Å². The van der Waals surface area contributed by atoms with E-state index in [0.29, 0.717) is 36.3 Å². The van der Waals surface area contributed by atoms with E-state index >= 15 is 0 Å². The Hall–Kier alpha value is -2.44. The standard InChI is InChI=1S/C19H25NO6/c1-24-15-6-11(7-16(25-2)18(15)26-3)8-17(21)20-9-13(12-4-5-12)14(10-20)19(22)23/h6-7,12-14H,4-5,8-10H2,1-3H3,(H,22,23)/t13-,14+/m1/s1. The van der Waals surface area contributed by atoms with Gasteiger partial charge < -0.3 is 24.2 Å². The highest BCUT2D eigenvalue weighted by Gasteiger charge is 2.46. The molecule has 1 saturated heterocycles. The molecule has 1 aliphatic carbocycles. The van der Waals surface area contributed by atoms with Gasteiger partial charge in [0, 0.05) is 13.1 Å². The average molecular weight is 363 g/mol. The summed E-state index contributed by atoms with van der Waals surface area (Å²) in [6, 6.07) is 3.50. The molecule has 2 aliphatic rings. The molecule has 142 valence electrons. The maximum Gasteiger partial charge on any atom is 0.308 e. The van der Waals surface area contributed by atoms with Crippen LogP contribution in [0, 0.1) is 17.8 Å². The van der Waals surface area contributed by atoms with Crippen LogP contribution in [0.15, 0.2) is 12.1 Å². The van der Waals surface area contributed by atoms with Crippen LogP contribution in [0.2, 0.25) is 0 Å². The summed E-state index contributed by atoms with van der Waals surface area (Å²) < 4.78 is 15.9. The maximum atomic E-state index is 12.7. The van der Waals surface area contributed by atoms with E-state index in [-0.39, 0.29) is 18.2 Å². The summed E-state index contributed by atoms with van der Waals surface area (Å²) in [5.41, 5.74) is 0.742. The summed E-state index contributed by atoms with van der Waals surface area (Å²) in [7, 11) is 4.58. The number of carbonyl (C=O) groups excluding carboxylic acids is 1. The van der Waals surface area contributed by atoms with E-state index in [2.05, 4.69) is 0 Å². The van der Waals surface area contributed by atoms with Crippen molar-refractivity contribution in [3.8, 4) is 17.2 Å². The molecule has 1 aromatic carbocycles. The molecule has 1 N–H and O–H groups in total. The molecule has 0 radical (unpaired) electrons. The number of amides is 1. The number of rotatable bonds is 7. The number of carboxylic acid groups (broad SMARTS) is 1. The molecule has 2 atom stereocenters. The van der Waals surface area contributed by atoms with Gasteiger partial charge in [0.05, 0.1) is 33.7 Å². The molecule has 1 heterocycles. The van der Waals surface area contributed by atoms with E-state index in [1.54, 1.807) is 17.0 Å². The van der Waals surface area contributed by atoms with Crippen molar-refractivity contribution < 1.29 is 28.9 Å². The van der Waals surface area contributed by atoms with Gasteiger partial charge in [0.1, 0.15) is 0 Å². The first-order valence-electron chi connectivity index (χ1n) is 8.78. The van der Waals surface area contributed by atoms with E-state index in [9.17, 15) is 14.7 Å². The van der Waals surface area contributed by atoms with E-state index in [4.69, 9.17) is 14.2 Å². The second-order valence-electron chi connectivity index (χ2n) is 6.96. The van der Waals surface area contributed by atoms with E-state index in [1.165, 1.54) is 21.3 Å². The van der Waals surface area contributed by atoms with Crippen LogP contribution in [0.1, 0.15) is 18.4 Å². The van der Waals surface area contributed by atoms with E-state index in [0.717, 1.165) is 18.4 Å². The van der Waals surface area contributed by atoms with Crippen LogP contribution in [-0.4, -0.2) is 56.3 Å². The highest BCUT2D eigenvalue weighted by molar-refractivity contribution is 5.81. The third-order valence-corrected chi connectivity index (χ3v) is 5.34. The number of carbonyl (C=O) groups is 2. The largest absolute Gasteiger partial charge is 0.493 e. The molecule has 0 unspecified atom stereocenters. The SMILES string of the molecule is COc1cc(CC(=O)N2C[C@H](C(=O)O)[C@@H](C3CC3)C2)cc(OC)c1OC. The van der Waals surface area contributed by atoms with Crippen LogP contribution in [0.3, 0.4) is 0 Å². The molecule has 7 nitrogen and oxygen atoms in total. The minimum absolute atomic E-state index is 0.0753. The molecular formula is C19H25NO6. The van der Waals surface area contributed by atoms with Crippen molar-refractivity contribution in [3.05, 3.63) is 17.7 Å². The lowest BCUT2D eigenvalue weighted by atomic mass is 9.92. The molecule has 1 amide bonds. The number of likely N-dealkylation sites (tertiary alicyclic amines) is 1. The Balaban J connectivity index is 1.74. The van der Waals surface area contributed by atoms with Gasteiger partial charge in [-0.3, -0.25) is 9.59 Å². The number of benzene rings is 1. The van der Waals surface area contributed by atoms with Crippen LogP contribution >= 0.6 is 0 Å². The summed E-state index contributed by atoms with van der Waals surface area (Å²) in [6.07, 6.45) is 2.31. The van der Waals surface area contributed by atoms with Crippen LogP contribution in [0.25, 0.3) is 0 Å². The first kappa shape index (κ1) is 18.4. The molecular weight excluding hydrogens is 338 g/mol. The Morgan fingerprint density at radius 1 is 1.08 bits per heavy atom. The van der Waals surface area contributed by atoms with Gasteiger partial charge in [-0.05, 0) is 42.4 Å². The Kier molecular flexibility index (Phi) is 5.25. The molecule has 0 aromatic heterocycles. The molecule has 1 aliphatic heterocycles. The molecule has 3 rings (SSSR count). The smallest absolute Gasteiger partial charge is 0.308 e. The second-order valence-corrected chi connectivity index (χ2v) is 6.96. The van der Waals surface area contributed by atoms with Crippen molar-refractivity contribution in [1.82, 2.24) is 4.90 Å². The van der Waals surface area contributed by atoms with Gasteiger partial charge in [-0.25, -0.2) is 0 Å². The van der Waals surface area contributed by atoms with Gasteiger partial charge >= 0.3 is 5.97 Å². The summed E-state index contributed by atoms with van der Waals surface area (Å²) in [4.78, 5) is 26.0. The van der Waals surface area contributed by atoms with Crippen LogP contribution in [0.5, 0.6) is 17.2 Å². The average Bonchev–Trinajstić information content (AvgIpc) is 3.38. The molecule has 26 heavy (non-hydrogen) atoms. The molecule has 1 aromatic rings. The third-order valence-electron chi connectivity index (χ3n) is 5.34. The topological polar surface area (TPSA) is 85.3 Å². The monoisotopic (exact) mass is 363 g/mol. The van der Waals surface area contributed by atoms with Crippen molar-refractivity contribution in [2.75, 3.05) is 34.4 Å². The lowest BCUT2D eigenvalue weighted by molar-refractivity contribution is -0.142. The number of nitrogens with zero attached hydrogens (tertiary/aromatic N) is 1. The number of methoxy groups -OCH3 is 3. The lowest BCUT2D eigenvalue weighted by Crippen LogP contribution is -2.31. The fourth-order valence-corrected chi connectivity index (χ4v) is 3.82. The Morgan fingerprint density at radius 3 is 2.15 bits per heavy atom. The highest BCUT2D eigenvalue weighted by Crippen LogP contribution is 2.44. The van der Waals surface area contributed by atoms with Crippen molar-refractivity contribution in [1.29, 1.82) is 0 Å². The molecule has 7 heteroatoms. The zero-order chi connectivity index (χ0) is 18.8. The van der Waals surface area contributed by atoms with Crippen molar-refractivity contribution in [2.24, 2.45) is 17.8 Å². The van der Waals surface area contributed by atoms with Gasteiger partial charge in [-0.15, -0.1) is 0 Å². The quantitative estimate of drug-likeness (QED) is 0.795. The number of aliphatic carboxylic acids is 1. The number of ether oxygens (including phenoxy) is 3. The fraction of sp³-hybridized carbons (Fsp3) is 0.579. The normalized spacial score (nSPS) is 22.2.